The van der Waals surface area contributed by atoms with E-state index < -0.39 is 0 Å². The molecule has 0 amide bonds. The van der Waals surface area contributed by atoms with Crippen LogP contribution in [0.4, 0.5) is 4.39 Å². The molecule has 0 fully saturated rings. The van der Waals surface area contributed by atoms with E-state index in [1.165, 1.54) is 18.7 Å². The van der Waals surface area contributed by atoms with Gasteiger partial charge in [-0.3, -0.25) is 4.98 Å². The fourth-order valence-corrected chi connectivity index (χ4v) is 1.13. The van der Waals surface area contributed by atoms with Crippen molar-refractivity contribution in [2.45, 2.75) is 0 Å². The Bertz CT molecular complexity index is 431. The molecule has 1 aromatic carbocycles. The molecule has 0 bridgehead atoms. The van der Waals surface area contributed by atoms with Gasteiger partial charge in [-0.1, -0.05) is 12.1 Å². The topological polar surface area (TPSA) is 22.1 Å². The molecule has 0 N–H and O–H groups in total. The van der Waals surface area contributed by atoms with Crippen molar-refractivity contribution in [3.05, 3.63) is 66.8 Å². The smallest absolute Gasteiger partial charge is 0.165 e. The number of nitrogens with zero attached hydrogens (tertiary/aromatic N) is 1. The molecule has 0 aliphatic carbocycles. The molecule has 2 nitrogen and oxygen atoms in total. The van der Waals surface area contributed by atoms with Crippen molar-refractivity contribution in [1.82, 2.24) is 4.98 Å². The van der Waals surface area contributed by atoms with E-state index in [1.807, 2.05) is 0 Å². The summed E-state index contributed by atoms with van der Waals surface area (Å²) in [6.07, 6.45) is 3.25. The summed E-state index contributed by atoms with van der Waals surface area (Å²) in [6, 6.07) is 9.74. The summed E-state index contributed by atoms with van der Waals surface area (Å²) in [5.41, 5.74) is 0.679. The first-order valence-electron chi connectivity index (χ1n) is 4.50. The van der Waals surface area contributed by atoms with Gasteiger partial charge in [0.2, 0.25) is 0 Å². The Labute approximate surface area is 87.4 Å². The number of rotatable bonds is 3. The zero-order chi connectivity index (χ0) is 10.5. The van der Waals surface area contributed by atoms with Gasteiger partial charge in [0.25, 0.3) is 0 Å². The second-order valence-corrected chi connectivity index (χ2v) is 2.98. The van der Waals surface area contributed by atoms with Gasteiger partial charge in [0.1, 0.15) is 11.6 Å². The predicted molar refractivity (Wildman–Crippen MR) is 54.7 cm³/mol. The standard InChI is InChI=1S/C12H9FNO/c13-11-4-1-3-10(7-11)9-15-12-5-2-6-14-8-12/h1-9H. The quantitative estimate of drug-likeness (QED) is 0.763. The summed E-state index contributed by atoms with van der Waals surface area (Å²) in [5.74, 6) is 0.347. The third-order valence-corrected chi connectivity index (χ3v) is 1.81. The molecule has 0 saturated carbocycles. The van der Waals surface area contributed by atoms with Crippen LogP contribution in [-0.4, -0.2) is 4.98 Å². The maximum Gasteiger partial charge on any atom is 0.165 e. The molecule has 0 spiro atoms. The Balaban J connectivity index is 1.99. The monoisotopic (exact) mass is 202 g/mol. The van der Waals surface area contributed by atoms with Crippen LogP contribution in [0.15, 0.2) is 48.8 Å². The highest BCUT2D eigenvalue weighted by molar-refractivity contribution is 5.24. The van der Waals surface area contributed by atoms with Crippen LogP contribution in [0, 0.1) is 12.4 Å². The second-order valence-electron chi connectivity index (χ2n) is 2.98. The first-order valence-corrected chi connectivity index (χ1v) is 4.50. The Morgan fingerprint density at radius 3 is 2.87 bits per heavy atom. The second kappa shape index (κ2) is 4.55. The zero-order valence-electron chi connectivity index (χ0n) is 7.93. The first kappa shape index (κ1) is 9.65. The van der Waals surface area contributed by atoms with E-state index in [0.29, 0.717) is 11.3 Å². The molecular formula is C12H9FNO. The number of pyridine rings is 1. The van der Waals surface area contributed by atoms with E-state index in [1.54, 1.807) is 36.7 Å². The van der Waals surface area contributed by atoms with Gasteiger partial charge in [0, 0.05) is 6.20 Å². The average Bonchev–Trinajstić information content (AvgIpc) is 2.28. The van der Waals surface area contributed by atoms with Crippen LogP contribution >= 0.6 is 0 Å². The van der Waals surface area contributed by atoms with Crippen molar-refractivity contribution in [1.29, 1.82) is 0 Å². The highest BCUT2D eigenvalue weighted by atomic mass is 19.1. The Hall–Kier alpha value is -1.90. The predicted octanol–water partition coefficient (Wildman–Crippen LogP) is 2.81. The average molecular weight is 202 g/mol. The van der Waals surface area contributed by atoms with Gasteiger partial charge in [-0.05, 0) is 29.8 Å². The SMILES string of the molecule is Fc1cccc([CH]Oc2cccnc2)c1. The van der Waals surface area contributed by atoms with Gasteiger partial charge in [0.15, 0.2) is 6.61 Å². The fraction of sp³-hybridized carbons (Fsp3) is 0. The lowest BCUT2D eigenvalue weighted by molar-refractivity contribution is 0.426. The molecule has 1 heterocycles. The number of halogens is 1. The maximum atomic E-state index is 12.8. The minimum atomic E-state index is -0.279. The largest absolute Gasteiger partial charge is 0.480 e. The van der Waals surface area contributed by atoms with Gasteiger partial charge in [-0.15, -0.1) is 0 Å². The molecule has 1 aromatic heterocycles. The van der Waals surface area contributed by atoms with Crippen molar-refractivity contribution < 1.29 is 9.13 Å². The highest BCUT2D eigenvalue weighted by Gasteiger charge is 1.97. The van der Waals surface area contributed by atoms with Crippen molar-refractivity contribution in [2.75, 3.05) is 0 Å². The van der Waals surface area contributed by atoms with Crippen LogP contribution in [0.3, 0.4) is 0 Å². The van der Waals surface area contributed by atoms with E-state index in [-0.39, 0.29) is 5.82 Å². The highest BCUT2D eigenvalue weighted by Crippen LogP contribution is 2.12. The molecule has 15 heavy (non-hydrogen) atoms. The van der Waals surface area contributed by atoms with Crippen molar-refractivity contribution >= 4 is 0 Å². The van der Waals surface area contributed by atoms with Gasteiger partial charge < -0.3 is 4.74 Å². The fourth-order valence-electron chi connectivity index (χ4n) is 1.13. The number of benzene rings is 1. The Morgan fingerprint density at radius 1 is 1.20 bits per heavy atom. The molecule has 75 valence electrons. The van der Waals surface area contributed by atoms with Crippen LogP contribution < -0.4 is 4.74 Å². The molecule has 0 unspecified atom stereocenters. The van der Waals surface area contributed by atoms with Crippen molar-refractivity contribution in [3.63, 3.8) is 0 Å². The molecular weight excluding hydrogens is 193 g/mol. The van der Waals surface area contributed by atoms with Gasteiger partial charge in [-0.25, -0.2) is 4.39 Å². The zero-order valence-corrected chi connectivity index (χ0v) is 7.93. The molecule has 0 aliphatic rings. The lowest BCUT2D eigenvalue weighted by Crippen LogP contribution is -1.92. The van der Waals surface area contributed by atoms with Gasteiger partial charge in [0.05, 0.1) is 6.20 Å². The first-order chi connectivity index (χ1) is 7.34. The summed E-state index contributed by atoms with van der Waals surface area (Å²) in [5, 5.41) is 0. The lowest BCUT2D eigenvalue weighted by Gasteiger charge is -2.03. The van der Waals surface area contributed by atoms with Crippen molar-refractivity contribution in [3.8, 4) is 5.75 Å². The lowest BCUT2D eigenvalue weighted by atomic mass is 10.2. The van der Waals surface area contributed by atoms with E-state index in [4.69, 9.17) is 4.74 Å². The normalized spacial score (nSPS) is 9.93. The minimum Gasteiger partial charge on any atom is -0.480 e. The van der Waals surface area contributed by atoms with E-state index in [2.05, 4.69) is 4.98 Å². The third-order valence-electron chi connectivity index (χ3n) is 1.81. The molecule has 0 aliphatic heterocycles. The van der Waals surface area contributed by atoms with E-state index in [0.717, 1.165) is 0 Å². The molecule has 3 heteroatoms. The van der Waals surface area contributed by atoms with Crippen LogP contribution in [-0.2, 0) is 0 Å². The minimum absolute atomic E-state index is 0.279. The summed E-state index contributed by atoms with van der Waals surface area (Å²) >= 11 is 0. The molecule has 2 aromatic rings. The Kier molecular flexibility index (Phi) is 2.93. The summed E-state index contributed by atoms with van der Waals surface area (Å²) < 4.78 is 18.1. The maximum absolute atomic E-state index is 12.8. The van der Waals surface area contributed by atoms with Crippen molar-refractivity contribution in [2.24, 2.45) is 0 Å². The Morgan fingerprint density at radius 2 is 2.13 bits per heavy atom. The molecule has 2 rings (SSSR count). The van der Waals surface area contributed by atoms with Crippen LogP contribution in [0.1, 0.15) is 5.56 Å². The molecule has 1 radical (unpaired) electrons. The van der Waals surface area contributed by atoms with Gasteiger partial charge in [-0.2, -0.15) is 0 Å². The molecule has 0 atom stereocenters. The number of hydrogen-bond acceptors (Lipinski definition) is 2. The summed E-state index contributed by atoms with van der Waals surface area (Å²) in [4.78, 5) is 3.90. The van der Waals surface area contributed by atoms with Gasteiger partial charge >= 0.3 is 0 Å². The van der Waals surface area contributed by atoms with Crippen LogP contribution in [0.25, 0.3) is 0 Å². The number of ether oxygens (including phenoxy) is 1. The summed E-state index contributed by atoms with van der Waals surface area (Å²) in [6.45, 7) is 1.49. The molecule has 0 saturated heterocycles. The van der Waals surface area contributed by atoms with Crippen LogP contribution in [0.5, 0.6) is 5.75 Å². The van der Waals surface area contributed by atoms with E-state index >= 15 is 0 Å². The number of aromatic nitrogens is 1. The summed E-state index contributed by atoms with van der Waals surface area (Å²) in [7, 11) is 0. The third kappa shape index (κ3) is 2.77. The van der Waals surface area contributed by atoms with E-state index in [9.17, 15) is 4.39 Å². The van der Waals surface area contributed by atoms with Crippen LogP contribution in [0.2, 0.25) is 0 Å². The number of hydrogen-bond donors (Lipinski definition) is 0.